The second-order valence-corrected chi connectivity index (χ2v) is 8.89. The van der Waals surface area contributed by atoms with Gasteiger partial charge in [0.1, 0.15) is 22.6 Å². The molecule has 0 unspecified atom stereocenters. The molecule has 0 saturated heterocycles. The van der Waals surface area contributed by atoms with Gasteiger partial charge in [-0.25, -0.2) is 4.98 Å². The molecule has 0 bridgehead atoms. The van der Waals surface area contributed by atoms with Crippen molar-refractivity contribution in [1.29, 1.82) is 0 Å². The van der Waals surface area contributed by atoms with Gasteiger partial charge in [0.2, 0.25) is 0 Å². The van der Waals surface area contributed by atoms with Crippen molar-refractivity contribution in [2.45, 2.75) is 40.0 Å². The van der Waals surface area contributed by atoms with E-state index in [0.717, 1.165) is 16.8 Å². The van der Waals surface area contributed by atoms with Crippen molar-refractivity contribution in [3.8, 4) is 17.1 Å². The number of fused-ring (bicyclic) bond motifs is 2. The highest BCUT2D eigenvalue weighted by atomic mass is 35.5. The van der Waals surface area contributed by atoms with Gasteiger partial charge in [0.05, 0.1) is 42.6 Å². The average molecular weight is 495 g/mol. The van der Waals surface area contributed by atoms with Crippen molar-refractivity contribution in [3.05, 3.63) is 73.9 Å². The number of rotatable bonds is 5. The number of aromatic nitrogens is 3. The van der Waals surface area contributed by atoms with Crippen molar-refractivity contribution in [2.24, 2.45) is 5.73 Å². The zero-order valence-electron chi connectivity index (χ0n) is 19.4. The van der Waals surface area contributed by atoms with E-state index in [2.05, 4.69) is 10.1 Å². The molecule has 9 nitrogen and oxygen atoms in total. The fourth-order valence-corrected chi connectivity index (χ4v) is 4.49. The van der Waals surface area contributed by atoms with Crippen molar-refractivity contribution < 1.29 is 18.7 Å². The van der Waals surface area contributed by atoms with E-state index >= 15 is 0 Å². The Balaban J connectivity index is 1.66. The molecule has 4 heterocycles. The van der Waals surface area contributed by atoms with E-state index in [1.54, 1.807) is 26.1 Å². The summed E-state index contributed by atoms with van der Waals surface area (Å²) in [7, 11) is 0. The molecule has 35 heavy (non-hydrogen) atoms. The van der Waals surface area contributed by atoms with Crippen LogP contribution in [-0.2, 0) is 17.9 Å². The fourth-order valence-electron chi connectivity index (χ4n) is 4.34. The van der Waals surface area contributed by atoms with E-state index in [9.17, 15) is 9.59 Å². The normalized spacial score (nSPS) is 14.1. The third-order valence-electron chi connectivity index (χ3n) is 6.07. The van der Waals surface area contributed by atoms with Gasteiger partial charge in [-0.2, -0.15) is 5.10 Å². The lowest BCUT2D eigenvalue weighted by molar-refractivity contribution is 0.0803. The molecule has 4 aromatic rings. The van der Waals surface area contributed by atoms with E-state index in [-0.39, 0.29) is 22.0 Å². The van der Waals surface area contributed by atoms with Crippen LogP contribution in [0.3, 0.4) is 0 Å². The first-order valence-electron chi connectivity index (χ1n) is 11.1. The number of carbonyl (C=O) groups is 1. The summed E-state index contributed by atoms with van der Waals surface area (Å²) in [5, 5.41) is 5.00. The van der Waals surface area contributed by atoms with Crippen molar-refractivity contribution in [1.82, 2.24) is 14.8 Å². The van der Waals surface area contributed by atoms with Crippen LogP contribution in [0.1, 0.15) is 45.9 Å². The molecule has 0 aliphatic carbocycles. The summed E-state index contributed by atoms with van der Waals surface area (Å²) >= 11 is 5.92. The molecule has 0 fully saturated rings. The van der Waals surface area contributed by atoms with Gasteiger partial charge in [-0.15, -0.1) is 0 Å². The van der Waals surface area contributed by atoms with E-state index in [0.29, 0.717) is 47.6 Å². The van der Waals surface area contributed by atoms with Crippen LogP contribution in [0.2, 0.25) is 5.15 Å². The van der Waals surface area contributed by atoms with Crippen LogP contribution in [0, 0.1) is 13.8 Å². The van der Waals surface area contributed by atoms with Gasteiger partial charge in [0, 0.05) is 11.1 Å². The molecule has 10 heteroatoms. The van der Waals surface area contributed by atoms with E-state index in [4.69, 9.17) is 31.2 Å². The summed E-state index contributed by atoms with van der Waals surface area (Å²) in [6.07, 6.45) is 1.09. The summed E-state index contributed by atoms with van der Waals surface area (Å²) in [5.41, 5.74) is 9.21. The number of aryl methyl sites for hydroxylation is 1. The Labute approximate surface area is 205 Å². The molecule has 0 radical (unpaired) electrons. The number of ether oxygens (including phenoxy) is 2. The second kappa shape index (κ2) is 8.83. The summed E-state index contributed by atoms with van der Waals surface area (Å²) in [6.45, 7) is 7.04. The number of hydrogen-bond acceptors (Lipinski definition) is 7. The number of carbonyl (C=O) groups excluding carboxylic acids is 1. The monoisotopic (exact) mass is 494 g/mol. The Morgan fingerprint density at radius 2 is 2.09 bits per heavy atom. The molecule has 2 N–H and O–H groups in total. The Hall–Kier alpha value is -3.69. The van der Waals surface area contributed by atoms with Gasteiger partial charge in [0.25, 0.3) is 5.91 Å². The lowest BCUT2D eigenvalue weighted by Gasteiger charge is -2.19. The molecular formula is C25H23ClN4O5. The lowest BCUT2D eigenvalue weighted by atomic mass is 10.00. The predicted molar refractivity (Wildman–Crippen MR) is 130 cm³/mol. The Morgan fingerprint density at radius 3 is 2.86 bits per heavy atom. The number of halogens is 1. The second-order valence-electron chi connectivity index (χ2n) is 8.50. The number of pyridine rings is 1. The van der Waals surface area contributed by atoms with Crippen molar-refractivity contribution in [2.75, 3.05) is 6.61 Å². The van der Waals surface area contributed by atoms with Crippen LogP contribution >= 0.6 is 11.6 Å². The lowest BCUT2D eigenvalue weighted by Crippen LogP contribution is -2.18. The van der Waals surface area contributed by atoms with Crippen LogP contribution in [0.5, 0.6) is 5.75 Å². The predicted octanol–water partition coefficient (Wildman–Crippen LogP) is 4.09. The van der Waals surface area contributed by atoms with Crippen LogP contribution < -0.4 is 15.9 Å². The maximum Gasteiger partial charge on any atom is 0.271 e. The molecule has 1 aliphatic rings. The van der Waals surface area contributed by atoms with Gasteiger partial charge >= 0.3 is 0 Å². The van der Waals surface area contributed by atoms with Gasteiger partial charge in [-0.3, -0.25) is 14.3 Å². The van der Waals surface area contributed by atoms with E-state index < -0.39 is 12.0 Å². The van der Waals surface area contributed by atoms with Crippen molar-refractivity contribution >= 4 is 28.5 Å². The average Bonchev–Trinajstić information content (AvgIpc) is 3.26. The van der Waals surface area contributed by atoms with Gasteiger partial charge in [0.15, 0.2) is 16.9 Å². The minimum Gasteiger partial charge on any atom is -0.483 e. The first-order valence-corrected chi connectivity index (χ1v) is 11.5. The van der Waals surface area contributed by atoms with Crippen LogP contribution in [-0.4, -0.2) is 27.3 Å². The molecule has 3 aromatic heterocycles. The summed E-state index contributed by atoms with van der Waals surface area (Å²) < 4.78 is 20.0. The summed E-state index contributed by atoms with van der Waals surface area (Å²) in [4.78, 5) is 29.3. The number of primary amides is 1. The molecule has 0 saturated carbocycles. The maximum absolute atomic E-state index is 13.4. The van der Waals surface area contributed by atoms with Gasteiger partial charge < -0.3 is 19.6 Å². The van der Waals surface area contributed by atoms with Gasteiger partial charge in [-0.1, -0.05) is 11.6 Å². The molecule has 1 atom stereocenters. The Morgan fingerprint density at radius 1 is 1.29 bits per heavy atom. The topological polar surface area (TPSA) is 122 Å². The SMILES string of the molecule is Cc1cc([C@@H](C)Oc2ccc(Cl)nc2C(N)=O)c2oc(-c3cnn4c3COCC4)c(C)c(=O)c2c1. The first kappa shape index (κ1) is 23.1. The minimum atomic E-state index is -0.763. The fraction of sp³-hybridized carbons (Fsp3) is 0.280. The molecule has 1 aliphatic heterocycles. The highest BCUT2D eigenvalue weighted by molar-refractivity contribution is 6.29. The molecule has 5 rings (SSSR count). The zero-order chi connectivity index (χ0) is 24.9. The zero-order valence-corrected chi connectivity index (χ0v) is 20.2. The highest BCUT2D eigenvalue weighted by Gasteiger charge is 2.25. The summed E-state index contributed by atoms with van der Waals surface area (Å²) in [5.74, 6) is -0.138. The minimum absolute atomic E-state index is 0.0780. The summed E-state index contributed by atoms with van der Waals surface area (Å²) in [6, 6.07) is 6.73. The number of nitrogens with zero attached hydrogens (tertiary/aromatic N) is 3. The molecule has 1 aromatic carbocycles. The maximum atomic E-state index is 13.4. The largest absolute Gasteiger partial charge is 0.483 e. The van der Waals surface area contributed by atoms with Crippen LogP contribution in [0.15, 0.2) is 39.7 Å². The van der Waals surface area contributed by atoms with Crippen LogP contribution in [0.4, 0.5) is 0 Å². The standard InChI is InChI=1S/C25H23ClN4O5/c1-12-8-15(14(3)34-19-4-5-20(26)29-21(19)25(27)32)24-16(9-12)22(31)13(2)23(35-24)17-10-28-30-6-7-33-11-18(17)30/h4-5,8-10,14H,6-7,11H2,1-3H3,(H2,27,32)/t14-/m1/s1. The molecular weight excluding hydrogens is 472 g/mol. The van der Waals surface area contributed by atoms with E-state index in [1.165, 1.54) is 12.1 Å². The number of benzene rings is 1. The third-order valence-corrected chi connectivity index (χ3v) is 6.28. The van der Waals surface area contributed by atoms with E-state index in [1.807, 2.05) is 17.7 Å². The van der Waals surface area contributed by atoms with Crippen LogP contribution in [0.25, 0.3) is 22.3 Å². The number of nitrogens with two attached hydrogens (primary N) is 1. The Kier molecular flexibility index (Phi) is 5.82. The van der Waals surface area contributed by atoms with Gasteiger partial charge in [-0.05, 0) is 50.6 Å². The number of hydrogen-bond donors (Lipinski definition) is 1. The Bertz CT molecular complexity index is 1540. The quantitative estimate of drug-likeness (QED) is 0.414. The first-order chi connectivity index (χ1) is 16.7. The third kappa shape index (κ3) is 4.06. The highest BCUT2D eigenvalue weighted by Crippen LogP contribution is 2.35. The van der Waals surface area contributed by atoms with Crippen molar-refractivity contribution in [3.63, 3.8) is 0 Å². The molecule has 180 valence electrons. The molecule has 1 amide bonds. The smallest absolute Gasteiger partial charge is 0.271 e. The number of amides is 1. The molecule has 0 spiro atoms.